The van der Waals surface area contributed by atoms with Crippen molar-refractivity contribution in [3.63, 3.8) is 0 Å². The SMILES string of the molecule is CC[C@H](C)[C@H](N)C(=O)N1CCN([C@@H](C)C(=O)N2CCCCC2)CC1. The van der Waals surface area contributed by atoms with Crippen molar-refractivity contribution in [1.82, 2.24) is 14.7 Å². The molecule has 2 saturated heterocycles. The lowest BCUT2D eigenvalue weighted by atomic mass is 9.98. The summed E-state index contributed by atoms with van der Waals surface area (Å²) >= 11 is 0. The number of hydrogen-bond acceptors (Lipinski definition) is 4. The van der Waals surface area contributed by atoms with Gasteiger partial charge in [-0.05, 0) is 32.1 Å². The molecule has 0 aromatic rings. The molecule has 0 radical (unpaired) electrons. The van der Waals surface area contributed by atoms with Crippen molar-refractivity contribution in [3.8, 4) is 0 Å². The van der Waals surface area contributed by atoms with E-state index in [-0.39, 0.29) is 23.8 Å². The summed E-state index contributed by atoms with van der Waals surface area (Å²) in [5.41, 5.74) is 6.08. The van der Waals surface area contributed by atoms with Crippen molar-refractivity contribution in [2.24, 2.45) is 11.7 Å². The highest BCUT2D eigenvalue weighted by Gasteiger charge is 2.32. The molecule has 0 saturated carbocycles. The molecule has 24 heavy (non-hydrogen) atoms. The lowest BCUT2D eigenvalue weighted by Crippen LogP contribution is -2.58. The Morgan fingerprint density at radius 2 is 1.42 bits per heavy atom. The highest BCUT2D eigenvalue weighted by molar-refractivity contribution is 5.83. The van der Waals surface area contributed by atoms with Crippen molar-refractivity contribution in [1.29, 1.82) is 0 Å². The number of amides is 2. The number of piperazine rings is 1. The van der Waals surface area contributed by atoms with E-state index >= 15 is 0 Å². The zero-order chi connectivity index (χ0) is 17.7. The molecule has 2 rings (SSSR count). The van der Waals surface area contributed by atoms with Crippen LogP contribution in [0, 0.1) is 5.92 Å². The second kappa shape index (κ2) is 8.81. The fourth-order valence-electron chi connectivity index (χ4n) is 3.57. The van der Waals surface area contributed by atoms with Gasteiger partial charge in [0.05, 0.1) is 12.1 Å². The molecule has 6 nitrogen and oxygen atoms in total. The third kappa shape index (κ3) is 4.48. The fourth-order valence-corrected chi connectivity index (χ4v) is 3.57. The Labute approximate surface area is 146 Å². The quantitative estimate of drug-likeness (QED) is 0.809. The first-order chi connectivity index (χ1) is 11.5. The van der Waals surface area contributed by atoms with Crippen LogP contribution in [0.4, 0.5) is 0 Å². The molecule has 2 N–H and O–H groups in total. The van der Waals surface area contributed by atoms with Gasteiger partial charge in [0.2, 0.25) is 11.8 Å². The van der Waals surface area contributed by atoms with Crippen LogP contribution in [0.2, 0.25) is 0 Å². The summed E-state index contributed by atoms with van der Waals surface area (Å²) in [6, 6.07) is -0.502. The molecule has 0 bridgehead atoms. The number of likely N-dealkylation sites (tertiary alicyclic amines) is 1. The van der Waals surface area contributed by atoms with Gasteiger partial charge in [0.25, 0.3) is 0 Å². The Morgan fingerprint density at radius 3 is 1.96 bits per heavy atom. The number of nitrogens with zero attached hydrogens (tertiary/aromatic N) is 3. The Hall–Kier alpha value is -1.14. The smallest absolute Gasteiger partial charge is 0.239 e. The van der Waals surface area contributed by atoms with Gasteiger partial charge in [-0.3, -0.25) is 14.5 Å². The van der Waals surface area contributed by atoms with E-state index in [1.54, 1.807) is 0 Å². The van der Waals surface area contributed by atoms with Gasteiger partial charge < -0.3 is 15.5 Å². The number of nitrogens with two attached hydrogens (primary N) is 1. The maximum Gasteiger partial charge on any atom is 0.239 e. The van der Waals surface area contributed by atoms with Crippen LogP contribution in [-0.4, -0.2) is 77.9 Å². The van der Waals surface area contributed by atoms with E-state index in [0.29, 0.717) is 13.1 Å². The van der Waals surface area contributed by atoms with E-state index in [2.05, 4.69) is 11.8 Å². The monoisotopic (exact) mass is 338 g/mol. The molecular weight excluding hydrogens is 304 g/mol. The summed E-state index contributed by atoms with van der Waals surface area (Å²) < 4.78 is 0. The first-order valence-corrected chi connectivity index (χ1v) is 9.53. The van der Waals surface area contributed by atoms with Gasteiger partial charge in [-0.1, -0.05) is 20.3 Å². The molecule has 138 valence electrons. The van der Waals surface area contributed by atoms with Gasteiger partial charge in [-0.15, -0.1) is 0 Å². The third-order valence-corrected chi connectivity index (χ3v) is 5.74. The molecule has 2 heterocycles. The topological polar surface area (TPSA) is 69.9 Å². The molecule has 0 aliphatic carbocycles. The number of carbonyl (C=O) groups excluding carboxylic acids is 2. The van der Waals surface area contributed by atoms with E-state index in [0.717, 1.165) is 45.4 Å². The summed E-state index contributed by atoms with van der Waals surface area (Å²) in [6.45, 7) is 10.7. The zero-order valence-corrected chi connectivity index (χ0v) is 15.5. The van der Waals surface area contributed by atoms with Crippen LogP contribution >= 0.6 is 0 Å². The lowest BCUT2D eigenvalue weighted by Gasteiger charge is -2.40. The number of carbonyl (C=O) groups is 2. The van der Waals surface area contributed by atoms with E-state index in [1.807, 2.05) is 23.6 Å². The molecule has 0 aromatic carbocycles. The van der Waals surface area contributed by atoms with Gasteiger partial charge in [0.15, 0.2) is 0 Å². The third-order valence-electron chi connectivity index (χ3n) is 5.74. The summed E-state index contributed by atoms with van der Waals surface area (Å²) in [5, 5.41) is 0. The fraction of sp³-hybridized carbons (Fsp3) is 0.889. The van der Waals surface area contributed by atoms with Crippen LogP contribution in [0.5, 0.6) is 0 Å². The predicted molar refractivity (Wildman–Crippen MR) is 95.5 cm³/mol. The van der Waals surface area contributed by atoms with E-state index in [1.165, 1.54) is 6.42 Å². The van der Waals surface area contributed by atoms with E-state index < -0.39 is 6.04 Å². The van der Waals surface area contributed by atoms with Crippen molar-refractivity contribution in [3.05, 3.63) is 0 Å². The van der Waals surface area contributed by atoms with Crippen molar-refractivity contribution >= 4 is 11.8 Å². The Kier molecular flexibility index (Phi) is 7.04. The van der Waals surface area contributed by atoms with Crippen LogP contribution in [0.3, 0.4) is 0 Å². The van der Waals surface area contributed by atoms with Gasteiger partial charge in [0.1, 0.15) is 0 Å². The maximum absolute atomic E-state index is 12.6. The molecule has 3 atom stereocenters. The summed E-state index contributed by atoms with van der Waals surface area (Å²) in [5.74, 6) is 0.500. The number of hydrogen-bond donors (Lipinski definition) is 1. The van der Waals surface area contributed by atoms with Gasteiger partial charge >= 0.3 is 0 Å². The predicted octanol–water partition coefficient (Wildman–Crippen LogP) is 0.905. The molecule has 2 fully saturated rings. The second-order valence-electron chi connectivity index (χ2n) is 7.33. The van der Waals surface area contributed by atoms with Gasteiger partial charge in [-0.2, -0.15) is 0 Å². The molecule has 2 aliphatic heterocycles. The maximum atomic E-state index is 12.6. The minimum atomic E-state index is -0.408. The molecule has 0 spiro atoms. The number of piperidine rings is 1. The highest BCUT2D eigenvalue weighted by Crippen LogP contribution is 2.15. The average Bonchev–Trinajstić information content (AvgIpc) is 2.65. The highest BCUT2D eigenvalue weighted by atomic mass is 16.2. The average molecular weight is 338 g/mol. The lowest BCUT2D eigenvalue weighted by molar-refractivity contribution is -0.140. The molecule has 6 heteroatoms. The van der Waals surface area contributed by atoms with Crippen LogP contribution in [0.1, 0.15) is 46.5 Å². The molecule has 2 amide bonds. The Morgan fingerprint density at radius 1 is 0.875 bits per heavy atom. The van der Waals surface area contributed by atoms with Crippen LogP contribution in [0.25, 0.3) is 0 Å². The van der Waals surface area contributed by atoms with E-state index in [9.17, 15) is 9.59 Å². The molecule has 0 unspecified atom stereocenters. The zero-order valence-electron chi connectivity index (χ0n) is 15.5. The van der Waals surface area contributed by atoms with Crippen LogP contribution in [-0.2, 0) is 9.59 Å². The summed E-state index contributed by atoms with van der Waals surface area (Å²) in [7, 11) is 0. The first kappa shape index (κ1) is 19.2. The number of rotatable bonds is 5. The first-order valence-electron chi connectivity index (χ1n) is 9.53. The largest absolute Gasteiger partial charge is 0.341 e. The Balaban J connectivity index is 1.83. The standard InChI is InChI=1S/C18H34N4O2/c1-4-14(2)16(19)18(24)22-12-10-20(11-13-22)15(3)17(23)21-8-6-5-7-9-21/h14-16H,4-13,19H2,1-3H3/t14-,15-,16-/m0/s1. The normalized spacial score (nSPS) is 23.7. The van der Waals surface area contributed by atoms with Crippen LogP contribution < -0.4 is 5.73 Å². The van der Waals surface area contributed by atoms with Crippen molar-refractivity contribution in [2.75, 3.05) is 39.3 Å². The minimum Gasteiger partial charge on any atom is -0.341 e. The van der Waals surface area contributed by atoms with Gasteiger partial charge in [-0.25, -0.2) is 0 Å². The second-order valence-corrected chi connectivity index (χ2v) is 7.33. The molecule has 2 aliphatic rings. The molecule has 0 aromatic heterocycles. The van der Waals surface area contributed by atoms with E-state index in [4.69, 9.17) is 5.73 Å². The van der Waals surface area contributed by atoms with Crippen molar-refractivity contribution < 1.29 is 9.59 Å². The summed E-state index contributed by atoms with van der Waals surface area (Å²) in [4.78, 5) is 31.2. The van der Waals surface area contributed by atoms with Crippen molar-refractivity contribution in [2.45, 2.75) is 58.5 Å². The molecular formula is C18H34N4O2. The van der Waals surface area contributed by atoms with Gasteiger partial charge in [0, 0.05) is 39.3 Å². The summed E-state index contributed by atoms with van der Waals surface area (Å²) in [6.07, 6.45) is 4.38. The minimum absolute atomic E-state index is 0.0546. The Bertz CT molecular complexity index is 429. The van der Waals surface area contributed by atoms with Crippen LogP contribution in [0.15, 0.2) is 0 Å².